The van der Waals surface area contributed by atoms with Gasteiger partial charge < -0.3 is 10.6 Å². The van der Waals surface area contributed by atoms with Crippen LogP contribution in [-0.2, 0) is 0 Å². The molecule has 0 saturated carbocycles. The first-order valence-corrected chi connectivity index (χ1v) is 8.45. The van der Waals surface area contributed by atoms with Gasteiger partial charge in [0.15, 0.2) is 11.6 Å². The molecular formula is C21H17F2N3O2. The van der Waals surface area contributed by atoms with Gasteiger partial charge in [-0.15, -0.1) is 0 Å². The Morgan fingerprint density at radius 2 is 1.68 bits per heavy atom. The number of benzene rings is 2. The third kappa shape index (κ3) is 4.20. The zero-order valence-electron chi connectivity index (χ0n) is 15.2. The number of hydrogen-bond acceptors (Lipinski definition) is 3. The summed E-state index contributed by atoms with van der Waals surface area (Å²) in [5, 5.41) is 5.23. The maximum atomic E-state index is 13.3. The molecule has 0 atom stereocenters. The first-order chi connectivity index (χ1) is 13.3. The van der Waals surface area contributed by atoms with Gasteiger partial charge in [-0.25, -0.2) is 8.78 Å². The van der Waals surface area contributed by atoms with Gasteiger partial charge in [0.25, 0.3) is 11.8 Å². The normalized spacial score (nSPS) is 10.4. The molecule has 0 fully saturated rings. The number of pyridine rings is 1. The number of hydrogen-bond donors (Lipinski definition) is 2. The van der Waals surface area contributed by atoms with E-state index in [4.69, 9.17) is 0 Å². The predicted molar refractivity (Wildman–Crippen MR) is 102 cm³/mol. The van der Waals surface area contributed by atoms with Crippen LogP contribution in [0, 0.1) is 25.5 Å². The minimum atomic E-state index is -1.07. The second-order valence-corrected chi connectivity index (χ2v) is 6.21. The van der Waals surface area contributed by atoms with Crippen LogP contribution in [0.3, 0.4) is 0 Å². The SMILES string of the molecule is Cc1cccc(NC(=O)c2cc(C(=O)Nc3ccc(F)c(F)c3)ccn2)c1C. The summed E-state index contributed by atoms with van der Waals surface area (Å²) in [4.78, 5) is 28.9. The molecule has 0 bridgehead atoms. The van der Waals surface area contributed by atoms with E-state index < -0.39 is 23.4 Å². The van der Waals surface area contributed by atoms with Gasteiger partial charge in [-0.2, -0.15) is 0 Å². The fourth-order valence-corrected chi connectivity index (χ4v) is 2.55. The number of anilines is 2. The molecule has 2 aromatic carbocycles. The zero-order valence-corrected chi connectivity index (χ0v) is 15.2. The highest BCUT2D eigenvalue weighted by molar-refractivity contribution is 6.08. The van der Waals surface area contributed by atoms with Crippen LogP contribution in [0.15, 0.2) is 54.7 Å². The Labute approximate surface area is 160 Å². The van der Waals surface area contributed by atoms with Crippen LogP contribution in [-0.4, -0.2) is 16.8 Å². The number of aromatic nitrogens is 1. The molecule has 0 aliphatic rings. The highest BCUT2D eigenvalue weighted by Crippen LogP contribution is 2.19. The van der Waals surface area contributed by atoms with Crippen molar-refractivity contribution < 1.29 is 18.4 Å². The van der Waals surface area contributed by atoms with Gasteiger partial charge in [0.1, 0.15) is 5.69 Å². The second kappa shape index (κ2) is 7.96. The van der Waals surface area contributed by atoms with E-state index in [1.54, 1.807) is 6.07 Å². The number of aryl methyl sites for hydroxylation is 1. The fraction of sp³-hybridized carbons (Fsp3) is 0.0952. The monoisotopic (exact) mass is 381 g/mol. The van der Waals surface area contributed by atoms with Gasteiger partial charge >= 0.3 is 0 Å². The Morgan fingerprint density at radius 3 is 2.43 bits per heavy atom. The number of amides is 2. The molecule has 0 aliphatic carbocycles. The summed E-state index contributed by atoms with van der Waals surface area (Å²) in [7, 11) is 0. The fourth-order valence-electron chi connectivity index (χ4n) is 2.55. The van der Waals surface area contributed by atoms with E-state index in [2.05, 4.69) is 15.6 Å². The lowest BCUT2D eigenvalue weighted by atomic mass is 10.1. The average Bonchev–Trinajstić information content (AvgIpc) is 2.68. The van der Waals surface area contributed by atoms with Crippen molar-refractivity contribution in [1.29, 1.82) is 0 Å². The molecule has 142 valence electrons. The average molecular weight is 381 g/mol. The van der Waals surface area contributed by atoms with E-state index in [0.29, 0.717) is 5.69 Å². The highest BCUT2D eigenvalue weighted by Gasteiger charge is 2.14. The first-order valence-electron chi connectivity index (χ1n) is 8.45. The lowest BCUT2D eigenvalue weighted by molar-refractivity contribution is 0.102. The van der Waals surface area contributed by atoms with Crippen LogP contribution in [0.25, 0.3) is 0 Å². The summed E-state index contributed by atoms with van der Waals surface area (Å²) in [6, 6.07) is 11.3. The Kier molecular flexibility index (Phi) is 5.44. The van der Waals surface area contributed by atoms with Crippen molar-refractivity contribution in [1.82, 2.24) is 4.98 Å². The van der Waals surface area contributed by atoms with Crippen molar-refractivity contribution in [2.45, 2.75) is 13.8 Å². The number of halogens is 2. The van der Waals surface area contributed by atoms with Crippen molar-refractivity contribution >= 4 is 23.2 Å². The Balaban J connectivity index is 1.77. The third-order valence-electron chi connectivity index (χ3n) is 4.29. The molecule has 0 saturated heterocycles. The smallest absolute Gasteiger partial charge is 0.274 e. The topological polar surface area (TPSA) is 71.1 Å². The summed E-state index contributed by atoms with van der Waals surface area (Å²) >= 11 is 0. The number of nitrogens with one attached hydrogen (secondary N) is 2. The summed E-state index contributed by atoms with van der Waals surface area (Å²) in [6.07, 6.45) is 1.33. The molecule has 1 heterocycles. The molecule has 0 unspecified atom stereocenters. The Hall–Kier alpha value is -3.61. The van der Waals surface area contributed by atoms with Crippen LogP contribution in [0.4, 0.5) is 20.2 Å². The van der Waals surface area contributed by atoms with Crippen LogP contribution in [0.2, 0.25) is 0 Å². The Bertz CT molecular complexity index is 1070. The van der Waals surface area contributed by atoms with E-state index in [1.165, 1.54) is 24.4 Å². The van der Waals surface area contributed by atoms with Gasteiger partial charge in [0, 0.05) is 29.2 Å². The zero-order chi connectivity index (χ0) is 20.3. The van der Waals surface area contributed by atoms with Gasteiger partial charge in [-0.05, 0) is 55.3 Å². The summed E-state index contributed by atoms with van der Waals surface area (Å²) < 4.78 is 26.3. The van der Waals surface area contributed by atoms with Crippen molar-refractivity contribution in [2.75, 3.05) is 10.6 Å². The largest absolute Gasteiger partial charge is 0.322 e. The van der Waals surface area contributed by atoms with E-state index in [-0.39, 0.29) is 16.9 Å². The Morgan fingerprint density at radius 1 is 0.893 bits per heavy atom. The van der Waals surface area contributed by atoms with Gasteiger partial charge in [0.2, 0.25) is 0 Å². The number of rotatable bonds is 4. The predicted octanol–water partition coefficient (Wildman–Crippen LogP) is 4.48. The quantitative estimate of drug-likeness (QED) is 0.700. The molecular weight excluding hydrogens is 364 g/mol. The second-order valence-electron chi connectivity index (χ2n) is 6.21. The standard InChI is InChI=1S/C21H17F2N3O2/c1-12-4-3-5-18(13(12)2)26-21(28)19-10-14(8-9-24-19)20(27)25-15-6-7-16(22)17(23)11-15/h3-11H,1-2H3,(H,25,27)(H,26,28). The summed E-state index contributed by atoms with van der Waals surface area (Å²) in [6.45, 7) is 3.83. The number of carbonyl (C=O) groups is 2. The van der Waals surface area contributed by atoms with Crippen molar-refractivity contribution in [2.24, 2.45) is 0 Å². The van der Waals surface area contributed by atoms with Gasteiger partial charge in [-0.3, -0.25) is 14.6 Å². The molecule has 0 aliphatic heterocycles. The van der Waals surface area contributed by atoms with Crippen LogP contribution >= 0.6 is 0 Å². The molecule has 2 N–H and O–H groups in total. The van der Waals surface area contributed by atoms with Gasteiger partial charge in [0.05, 0.1) is 0 Å². The molecule has 28 heavy (non-hydrogen) atoms. The maximum Gasteiger partial charge on any atom is 0.274 e. The molecule has 0 spiro atoms. The van der Waals surface area contributed by atoms with E-state index in [1.807, 2.05) is 26.0 Å². The van der Waals surface area contributed by atoms with Crippen molar-refractivity contribution in [3.05, 3.63) is 88.7 Å². The van der Waals surface area contributed by atoms with Crippen molar-refractivity contribution in [3.8, 4) is 0 Å². The molecule has 7 heteroatoms. The molecule has 3 rings (SSSR count). The summed E-state index contributed by atoms with van der Waals surface area (Å²) in [5.41, 5.74) is 2.93. The minimum Gasteiger partial charge on any atom is -0.322 e. The van der Waals surface area contributed by atoms with E-state index >= 15 is 0 Å². The number of nitrogens with zero attached hydrogens (tertiary/aromatic N) is 1. The molecule has 3 aromatic rings. The van der Waals surface area contributed by atoms with Crippen LogP contribution < -0.4 is 10.6 Å². The molecule has 2 amide bonds. The lowest BCUT2D eigenvalue weighted by Gasteiger charge is -2.11. The third-order valence-corrected chi connectivity index (χ3v) is 4.29. The first kappa shape index (κ1) is 19.2. The molecule has 0 radical (unpaired) electrons. The van der Waals surface area contributed by atoms with E-state index in [9.17, 15) is 18.4 Å². The highest BCUT2D eigenvalue weighted by atomic mass is 19.2. The molecule has 1 aromatic heterocycles. The summed E-state index contributed by atoms with van der Waals surface area (Å²) in [5.74, 6) is -3.11. The van der Waals surface area contributed by atoms with Crippen LogP contribution in [0.5, 0.6) is 0 Å². The molecule has 5 nitrogen and oxygen atoms in total. The maximum absolute atomic E-state index is 13.3. The minimum absolute atomic E-state index is 0.0545. The van der Waals surface area contributed by atoms with Crippen LogP contribution in [0.1, 0.15) is 32.0 Å². The lowest BCUT2D eigenvalue weighted by Crippen LogP contribution is -2.17. The van der Waals surface area contributed by atoms with Gasteiger partial charge in [-0.1, -0.05) is 12.1 Å². The van der Waals surface area contributed by atoms with E-state index in [0.717, 1.165) is 23.3 Å². The van der Waals surface area contributed by atoms with Crippen molar-refractivity contribution in [3.63, 3.8) is 0 Å². The number of carbonyl (C=O) groups excluding carboxylic acids is 2.